The van der Waals surface area contributed by atoms with Gasteiger partial charge in [0.05, 0.1) is 32.1 Å². The lowest BCUT2D eigenvalue weighted by Crippen LogP contribution is -2.16. The lowest BCUT2D eigenvalue weighted by Gasteiger charge is -2.11. The van der Waals surface area contributed by atoms with Gasteiger partial charge in [-0.2, -0.15) is 0 Å². The summed E-state index contributed by atoms with van der Waals surface area (Å²) < 4.78 is 21.5. The van der Waals surface area contributed by atoms with E-state index in [1.165, 1.54) is 12.1 Å². The Morgan fingerprint density at radius 1 is 0.969 bits per heavy atom. The van der Waals surface area contributed by atoms with E-state index in [1.807, 2.05) is 13.8 Å². The minimum absolute atomic E-state index is 0.200. The standard InChI is InChI=1S/C25H24O7/c1-4-30-19-13-23(31-5-2)21-15-20(25(28)32-24(21)14-19)22(27)12-17(26)9-6-16-7-10-18(29-3)11-8-16/h6-11,13-15H,4-5,12H2,1-3H3. The summed E-state index contributed by atoms with van der Waals surface area (Å²) in [5.74, 6) is 0.566. The van der Waals surface area contributed by atoms with Crippen molar-refractivity contribution in [2.45, 2.75) is 20.3 Å². The number of hydrogen-bond donors (Lipinski definition) is 0. The monoisotopic (exact) mass is 436 g/mol. The summed E-state index contributed by atoms with van der Waals surface area (Å²) in [6, 6.07) is 11.8. The van der Waals surface area contributed by atoms with Crippen molar-refractivity contribution in [1.82, 2.24) is 0 Å². The van der Waals surface area contributed by atoms with Crippen LogP contribution in [-0.4, -0.2) is 31.9 Å². The van der Waals surface area contributed by atoms with Gasteiger partial charge in [-0.25, -0.2) is 4.79 Å². The van der Waals surface area contributed by atoms with Crippen LogP contribution < -0.4 is 19.8 Å². The highest BCUT2D eigenvalue weighted by Gasteiger charge is 2.19. The normalized spacial score (nSPS) is 11.0. The van der Waals surface area contributed by atoms with Gasteiger partial charge < -0.3 is 18.6 Å². The van der Waals surface area contributed by atoms with Gasteiger partial charge in [0.25, 0.3) is 0 Å². The lowest BCUT2D eigenvalue weighted by molar-refractivity contribution is -0.113. The highest BCUT2D eigenvalue weighted by Crippen LogP contribution is 2.31. The first kappa shape index (κ1) is 22.8. The predicted octanol–water partition coefficient (Wildman–Crippen LogP) is 4.45. The van der Waals surface area contributed by atoms with Crippen LogP contribution in [0.5, 0.6) is 17.2 Å². The molecule has 0 aliphatic carbocycles. The van der Waals surface area contributed by atoms with Gasteiger partial charge in [-0.15, -0.1) is 0 Å². The molecule has 3 rings (SSSR count). The van der Waals surface area contributed by atoms with Crippen LogP contribution in [0.2, 0.25) is 0 Å². The molecule has 3 aromatic rings. The van der Waals surface area contributed by atoms with Gasteiger partial charge >= 0.3 is 5.63 Å². The zero-order chi connectivity index (χ0) is 23.1. The van der Waals surface area contributed by atoms with Crippen LogP contribution in [0.15, 0.2) is 57.8 Å². The van der Waals surface area contributed by atoms with Gasteiger partial charge in [-0.1, -0.05) is 18.2 Å². The second-order valence-electron chi connectivity index (χ2n) is 6.82. The summed E-state index contributed by atoms with van der Waals surface area (Å²) in [5, 5.41) is 0.458. The van der Waals surface area contributed by atoms with Crippen molar-refractivity contribution in [3.8, 4) is 17.2 Å². The molecular weight excluding hydrogens is 412 g/mol. The van der Waals surface area contributed by atoms with Crippen LogP contribution in [0.3, 0.4) is 0 Å². The number of Topliss-reactive ketones (excluding diaryl/α,β-unsaturated/α-hetero) is 1. The topological polar surface area (TPSA) is 92.0 Å². The summed E-state index contributed by atoms with van der Waals surface area (Å²) in [7, 11) is 1.57. The number of methoxy groups -OCH3 is 1. The molecule has 0 aliphatic rings. The SMILES string of the molecule is CCOc1cc(OCC)c2cc(C(=O)CC(=O)C=Cc3ccc(OC)cc3)c(=O)oc2c1. The molecule has 0 amide bonds. The van der Waals surface area contributed by atoms with Crippen LogP contribution in [0.1, 0.15) is 36.2 Å². The number of allylic oxidation sites excluding steroid dienone is 1. The van der Waals surface area contributed by atoms with Crippen LogP contribution >= 0.6 is 0 Å². The van der Waals surface area contributed by atoms with E-state index >= 15 is 0 Å². The second kappa shape index (κ2) is 10.4. The van der Waals surface area contributed by atoms with Gasteiger partial charge in [-0.3, -0.25) is 9.59 Å². The number of carbonyl (C=O) groups excluding carboxylic acids is 2. The Hall–Kier alpha value is -3.87. The van der Waals surface area contributed by atoms with Crippen molar-refractivity contribution in [1.29, 1.82) is 0 Å². The van der Waals surface area contributed by atoms with Gasteiger partial charge in [0.1, 0.15) is 28.4 Å². The quantitative estimate of drug-likeness (QED) is 0.201. The fourth-order valence-electron chi connectivity index (χ4n) is 3.10. The molecule has 0 spiro atoms. The van der Waals surface area contributed by atoms with Gasteiger partial charge in [0, 0.05) is 12.1 Å². The molecule has 7 nitrogen and oxygen atoms in total. The average molecular weight is 436 g/mol. The maximum absolute atomic E-state index is 12.7. The summed E-state index contributed by atoms with van der Waals surface area (Å²) in [4.78, 5) is 37.4. The van der Waals surface area contributed by atoms with E-state index in [0.29, 0.717) is 35.8 Å². The molecule has 0 saturated carbocycles. The van der Waals surface area contributed by atoms with E-state index in [-0.39, 0.29) is 11.1 Å². The molecule has 0 saturated heterocycles. The minimum Gasteiger partial charge on any atom is -0.497 e. The maximum Gasteiger partial charge on any atom is 0.347 e. The Labute approximate surface area is 185 Å². The van der Waals surface area contributed by atoms with E-state index in [1.54, 1.807) is 49.6 Å². The van der Waals surface area contributed by atoms with Gasteiger partial charge in [0.2, 0.25) is 0 Å². The summed E-state index contributed by atoms with van der Waals surface area (Å²) >= 11 is 0. The molecule has 0 radical (unpaired) electrons. The van der Waals surface area contributed by atoms with Gasteiger partial charge in [-0.05, 0) is 43.7 Å². The predicted molar refractivity (Wildman–Crippen MR) is 121 cm³/mol. The fraction of sp³-hybridized carbons (Fsp3) is 0.240. The van der Waals surface area contributed by atoms with E-state index in [9.17, 15) is 14.4 Å². The average Bonchev–Trinajstić information content (AvgIpc) is 2.78. The Morgan fingerprint density at radius 3 is 2.34 bits per heavy atom. The minimum atomic E-state index is -0.814. The van der Waals surface area contributed by atoms with Crippen molar-refractivity contribution in [3.63, 3.8) is 0 Å². The highest BCUT2D eigenvalue weighted by molar-refractivity contribution is 6.12. The zero-order valence-electron chi connectivity index (χ0n) is 18.2. The van der Waals surface area contributed by atoms with Crippen molar-refractivity contribution in [2.75, 3.05) is 20.3 Å². The first-order chi connectivity index (χ1) is 15.4. The summed E-state index contributed by atoms with van der Waals surface area (Å²) in [6.07, 6.45) is 2.45. The first-order valence-corrected chi connectivity index (χ1v) is 10.2. The Kier molecular flexibility index (Phi) is 7.44. The fourth-order valence-corrected chi connectivity index (χ4v) is 3.10. The number of fused-ring (bicyclic) bond motifs is 1. The number of carbonyl (C=O) groups is 2. The van der Waals surface area contributed by atoms with Crippen molar-refractivity contribution in [2.24, 2.45) is 0 Å². The lowest BCUT2D eigenvalue weighted by atomic mass is 10.0. The Balaban J connectivity index is 1.83. The third-order valence-electron chi connectivity index (χ3n) is 4.61. The molecule has 2 aromatic carbocycles. The molecule has 7 heteroatoms. The third kappa shape index (κ3) is 5.43. The van der Waals surface area contributed by atoms with Crippen LogP contribution in [0, 0.1) is 0 Å². The molecule has 0 atom stereocenters. The molecule has 166 valence electrons. The zero-order valence-corrected chi connectivity index (χ0v) is 18.2. The van der Waals surface area contributed by atoms with E-state index in [0.717, 1.165) is 5.56 Å². The highest BCUT2D eigenvalue weighted by atomic mass is 16.5. The van der Waals surface area contributed by atoms with Crippen molar-refractivity contribution in [3.05, 3.63) is 70.1 Å². The molecule has 0 bridgehead atoms. The van der Waals surface area contributed by atoms with Crippen molar-refractivity contribution < 1.29 is 28.2 Å². The number of ketones is 2. The molecular formula is C25H24O7. The van der Waals surface area contributed by atoms with Crippen LogP contribution in [0.4, 0.5) is 0 Å². The van der Waals surface area contributed by atoms with Crippen LogP contribution in [-0.2, 0) is 4.79 Å². The van der Waals surface area contributed by atoms with E-state index in [4.69, 9.17) is 18.6 Å². The number of hydrogen-bond acceptors (Lipinski definition) is 7. The molecule has 0 N–H and O–H groups in total. The number of rotatable bonds is 10. The molecule has 32 heavy (non-hydrogen) atoms. The molecule has 1 aromatic heterocycles. The van der Waals surface area contributed by atoms with E-state index in [2.05, 4.69) is 0 Å². The van der Waals surface area contributed by atoms with Crippen LogP contribution in [0.25, 0.3) is 17.0 Å². The largest absolute Gasteiger partial charge is 0.497 e. The molecule has 0 aliphatic heterocycles. The summed E-state index contributed by atoms with van der Waals surface area (Å²) in [5.41, 5.74) is 0.00861. The number of benzene rings is 2. The first-order valence-electron chi connectivity index (χ1n) is 10.2. The molecule has 1 heterocycles. The Bertz CT molecular complexity index is 1200. The summed E-state index contributed by atoms with van der Waals surface area (Å²) in [6.45, 7) is 4.46. The second-order valence-corrected chi connectivity index (χ2v) is 6.82. The molecule has 0 fully saturated rings. The Morgan fingerprint density at radius 2 is 1.69 bits per heavy atom. The third-order valence-corrected chi connectivity index (χ3v) is 4.61. The maximum atomic E-state index is 12.7. The smallest absolute Gasteiger partial charge is 0.347 e. The van der Waals surface area contributed by atoms with Gasteiger partial charge in [0.15, 0.2) is 11.6 Å². The number of ether oxygens (including phenoxy) is 3. The van der Waals surface area contributed by atoms with E-state index < -0.39 is 23.6 Å². The van der Waals surface area contributed by atoms with Crippen molar-refractivity contribution >= 4 is 28.6 Å². The molecule has 0 unspecified atom stereocenters.